The molecule has 0 radical (unpaired) electrons. The average molecular weight is 402 g/mol. The summed E-state index contributed by atoms with van der Waals surface area (Å²) >= 11 is 0. The smallest absolute Gasteiger partial charge is 0.355 e. The van der Waals surface area contributed by atoms with Gasteiger partial charge in [-0.25, -0.2) is 4.98 Å². The lowest BCUT2D eigenvalue weighted by Crippen LogP contribution is -2.33. The van der Waals surface area contributed by atoms with Gasteiger partial charge in [0, 0.05) is 18.4 Å². The molecule has 0 saturated carbocycles. The van der Waals surface area contributed by atoms with Crippen molar-refractivity contribution in [3.05, 3.63) is 54.0 Å². The maximum absolute atomic E-state index is 12.7. The Balaban J connectivity index is 1.62. The lowest BCUT2D eigenvalue weighted by molar-refractivity contribution is -0.137. The molecule has 3 aromatic rings. The van der Waals surface area contributed by atoms with Crippen LogP contribution in [-0.2, 0) is 16.4 Å². The molecule has 1 aliphatic heterocycles. The first-order valence-corrected chi connectivity index (χ1v) is 8.88. The molecule has 4 rings (SSSR count). The summed E-state index contributed by atoms with van der Waals surface area (Å²) in [6.45, 7) is 2.36. The average Bonchev–Trinajstić information content (AvgIpc) is 3.30. The van der Waals surface area contributed by atoms with Gasteiger partial charge in [-0.15, -0.1) is 0 Å². The first-order valence-electron chi connectivity index (χ1n) is 8.88. The van der Waals surface area contributed by atoms with Crippen molar-refractivity contribution in [1.82, 2.24) is 25.5 Å². The number of aromatic amines is 1. The van der Waals surface area contributed by atoms with Gasteiger partial charge in [-0.2, -0.15) is 18.3 Å². The number of halogens is 3. The van der Waals surface area contributed by atoms with Crippen molar-refractivity contribution in [2.24, 2.45) is 0 Å². The Hall–Kier alpha value is -3.43. The molecule has 29 heavy (non-hydrogen) atoms. The summed E-state index contributed by atoms with van der Waals surface area (Å²) in [5.41, 5.74) is -0.113. The van der Waals surface area contributed by atoms with E-state index in [0.29, 0.717) is 35.9 Å². The number of rotatable bonds is 4. The molecule has 1 aliphatic rings. The highest BCUT2D eigenvalue weighted by Crippen LogP contribution is 2.33. The zero-order valence-corrected chi connectivity index (χ0v) is 15.3. The second-order valence-electron chi connectivity index (χ2n) is 6.95. The molecular formula is C19H17F3N6O. The highest BCUT2D eigenvalue weighted by Gasteiger charge is 2.42. The molecule has 1 aromatic carbocycles. The number of pyridine rings is 1. The van der Waals surface area contributed by atoms with Gasteiger partial charge >= 0.3 is 6.18 Å². The number of hydrogen-bond donors (Lipinski definition) is 3. The van der Waals surface area contributed by atoms with Crippen molar-refractivity contribution in [3.8, 4) is 11.5 Å². The van der Waals surface area contributed by atoms with Crippen molar-refractivity contribution >= 4 is 17.3 Å². The normalized spacial score (nSPS) is 19.2. The minimum atomic E-state index is -4.39. The van der Waals surface area contributed by atoms with E-state index in [2.05, 4.69) is 30.8 Å². The maximum Gasteiger partial charge on any atom is 0.416 e. The zero-order valence-electron chi connectivity index (χ0n) is 15.3. The van der Waals surface area contributed by atoms with Gasteiger partial charge in [0.1, 0.15) is 16.9 Å². The fourth-order valence-electron chi connectivity index (χ4n) is 3.16. The Morgan fingerprint density at radius 1 is 1.17 bits per heavy atom. The van der Waals surface area contributed by atoms with E-state index in [1.54, 1.807) is 25.3 Å². The van der Waals surface area contributed by atoms with Gasteiger partial charge in [-0.05, 0) is 49.7 Å². The lowest BCUT2D eigenvalue weighted by atomic mass is 9.88. The molecule has 3 heterocycles. The number of carbonyl (C=O) groups excluding carboxylic acids is 1. The molecule has 0 bridgehead atoms. The molecule has 10 heteroatoms. The van der Waals surface area contributed by atoms with Gasteiger partial charge in [0.05, 0.1) is 11.3 Å². The molecule has 1 unspecified atom stereocenters. The van der Waals surface area contributed by atoms with Crippen LogP contribution in [0.1, 0.15) is 24.7 Å². The third-order valence-electron chi connectivity index (χ3n) is 4.93. The van der Waals surface area contributed by atoms with Crippen LogP contribution in [0.4, 0.5) is 24.5 Å². The number of amides is 1. The van der Waals surface area contributed by atoms with Crippen LogP contribution in [0, 0.1) is 0 Å². The van der Waals surface area contributed by atoms with Crippen LogP contribution in [-0.4, -0.2) is 32.6 Å². The first kappa shape index (κ1) is 18.9. The van der Waals surface area contributed by atoms with E-state index in [1.807, 2.05) is 0 Å². The van der Waals surface area contributed by atoms with E-state index in [-0.39, 0.29) is 11.7 Å². The standard InChI is InChI=1S/C19H17F3N6O/c1-18(8-10-24-17(18)29)16-26-15(27-28-16)14-13(3-2-9-23-14)25-12-6-4-11(5-7-12)19(20,21)22/h2-7,9,25H,8,10H2,1H3,(H,24,29)(H,26,27,28). The Morgan fingerprint density at radius 2 is 1.93 bits per heavy atom. The molecular weight excluding hydrogens is 385 g/mol. The summed E-state index contributed by atoms with van der Waals surface area (Å²) in [7, 11) is 0. The van der Waals surface area contributed by atoms with Gasteiger partial charge in [-0.3, -0.25) is 14.9 Å². The SMILES string of the molecule is CC1(c2nc(-c3ncccc3Nc3ccc(C(F)(F)F)cc3)n[nH]2)CCNC1=O. The summed E-state index contributed by atoms with van der Waals surface area (Å²) in [6, 6.07) is 8.10. The number of carbonyl (C=O) groups is 1. The number of nitrogens with zero attached hydrogens (tertiary/aromatic N) is 3. The van der Waals surface area contributed by atoms with Crippen LogP contribution < -0.4 is 10.6 Å². The van der Waals surface area contributed by atoms with Gasteiger partial charge in [0.25, 0.3) is 0 Å². The zero-order chi connectivity index (χ0) is 20.6. The van der Waals surface area contributed by atoms with E-state index in [9.17, 15) is 18.0 Å². The topological polar surface area (TPSA) is 95.6 Å². The van der Waals surface area contributed by atoms with Gasteiger partial charge in [-0.1, -0.05) is 0 Å². The van der Waals surface area contributed by atoms with Crippen molar-refractivity contribution in [2.75, 3.05) is 11.9 Å². The van der Waals surface area contributed by atoms with E-state index in [1.165, 1.54) is 12.1 Å². The quantitative estimate of drug-likeness (QED) is 0.622. The number of nitrogens with one attached hydrogen (secondary N) is 3. The summed E-state index contributed by atoms with van der Waals surface area (Å²) in [5.74, 6) is 0.605. The highest BCUT2D eigenvalue weighted by atomic mass is 19.4. The van der Waals surface area contributed by atoms with E-state index >= 15 is 0 Å². The largest absolute Gasteiger partial charge is 0.416 e. The number of alkyl halides is 3. The van der Waals surface area contributed by atoms with E-state index < -0.39 is 17.2 Å². The van der Waals surface area contributed by atoms with Crippen molar-refractivity contribution in [1.29, 1.82) is 0 Å². The van der Waals surface area contributed by atoms with Crippen LogP contribution in [0.15, 0.2) is 42.6 Å². The van der Waals surface area contributed by atoms with Crippen LogP contribution in [0.5, 0.6) is 0 Å². The summed E-state index contributed by atoms with van der Waals surface area (Å²) < 4.78 is 38.2. The van der Waals surface area contributed by atoms with Crippen molar-refractivity contribution < 1.29 is 18.0 Å². The van der Waals surface area contributed by atoms with Gasteiger partial charge < -0.3 is 10.6 Å². The Labute approximate surface area is 163 Å². The maximum atomic E-state index is 12.7. The molecule has 1 fully saturated rings. The monoisotopic (exact) mass is 402 g/mol. The number of hydrogen-bond acceptors (Lipinski definition) is 5. The summed E-state index contributed by atoms with van der Waals surface area (Å²) in [5, 5.41) is 12.8. The van der Waals surface area contributed by atoms with Crippen LogP contribution >= 0.6 is 0 Å². The second-order valence-corrected chi connectivity index (χ2v) is 6.95. The van der Waals surface area contributed by atoms with Crippen LogP contribution in [0.2, 0.25) is 0 Å². The summed E-state index contributed by atoms with van der Waals surface area (Å²) in [6.07, 6.45) is -2.23. The Kier molecular flexibility index (Phi) is 4.48. The predicted octanol–water partition coefficient (Wildman–Crippen LogP) is 3.41. The number of benzene rings is 1. The number of H-pyrrole nitrogens is 1. The third kappa shape index (κ3) is 3.53. The van der Waals surface area contributed by atoms with Crippen molar-refractivity contribution in [3.63, 3.8) is 0 Å². The molecule has 1 amide bonds. The third-order valence-corrected chi connectivity index (χ3v) is 4.93. The van der Waals surface area contributed by atoms with E-state index in [0.717, 1.165) is 12.1 Å². The molecule has 3 N–H and O–H groups in total. The Morgan fingerprint density at radius 3 is 2.59 bits per heavy atom. The van der Waals surface area contributed by atoms with Gasteiger partial charge in [0.15, 0.2) is 0 Å². The first-order chi connectivity index (χ1) is 13.8. The van der Waals surface area contributed by atoms with E-state index in [4.69, 9.17) is 0 Å². The second kappa shape index (κ2) is 6.87. The minimum absolute atomic E-state index is 0.121. The minimum Gasteiger partial charge on any atom is -0.355 e. The fourth-order valence-corrected chi connectivity index (χ4v) is 3.16. The van der Waals surface area contributed by atoms with Crippen LogP contribution in [0.25, 0.3) is 11.5 Å². The molecule has 1 atom stereocenters. The van der Waals surface area contributed by atoms with Gasteiger partial charge in [0.2, 0.25) is 11.7 Å². The highest BCUT2D eigenvalue weighted by molar-refractivity contribution is 5.89. The number of aromatic nitrogens is 4. The van der Waals surface area contributed by atoms with Crippen LogP contribution in [0.3, 0.4) is 0 Å². The molecule has 1 saturated heterocycles. The molecule has 0 spiro atoms. The predicted molar refractivity (Wildman–Crippen MR) is 99.3 cm³/mol. The number of anilines is 2. The summed E-state index contributed by atoms with van der Waals surface area (Å²) in [4.78, 5) is 20.9. The molecule has 2 aromatic heterocycles. The Bertz CT molecular complexity index is 1050. The molecule has 0 aliphatic carbocycles. The van der Waals surface area contributed by atoms with Crippen molar-refractivity contribution in [2.45, 2.75) is 24.9 Å². The fraction of sp³-hybridized carbons (Fsp3) is 0.263. The lowest BCUT2D eigenvalue weighted by Gasteiger charge is -2.16. The molecule has 150 valence electrons. The molecule has 7 nitrogen and oxygen atoms in total.